The molecular weight excluding hydrogens is 462 g/mol. The van der Waals surface area contributed by atoms with Crippen LogP contribution in [0.15, 0.2) is 90.0 Å². The highest BCUT2D eigenvalue weighted by Crippen LogP contribution is 2.44. The van der Waals surface area contributed by atoms with Crippen LogP contribution in [-0.4, -0.2) is 29.8 Å². The third kappa shape index (κ3) is 5.77. The van der Waals surface area contributed by atoms with Crippen LogP contribution in [0.3, 0.4) is 0 Å². The lowest BCUT2D eigenvalue weighted by molar-refractivity contribution is -0.141. The second-order valence-electron chi connectivity index (χ2n) is 10.1. The molecule has 0 heterocycles. The number of carbonyl (C=O) groups excluding carboxylic acids is 1. The van der Waals surface area contributed by atoms with Gasteiger partial charge in [0.2, 0.25) is 0 Å². The number of alkyl carbamates (subject to hydrolysis) is 1. The van der Waals surface area contributed by atoms with E-state index in [0.717, 1.165) is 27.8 Å². The zero-order valence-corrected chi connectivity index (χ0v) is 21.9. The first-order valence-electron chi connectivity index (χ1n) is 12.8. The summed E-state index contributed by atoms with van der Waals surface area (Å²) < 4.78 is 5.80. The molecule has 37 heavy (non-hydrogen) atoms. The number of rotatable bonds is 9. The summed E-state index contributed by atoms with van der Waals surface area (Å²) >= 11 is 0. The number of carbonyl (C=O) groups is 2. The molecule has 1 amide bonds. The molecule has 0 spiro atoms. The fourth-order valence-corrected chi connectivity index (χ4v) is 5.43. The highest BCUT2D eigenvalue weighted by atomic mass is 16.5. The van der Waals surface area contributed by atoms with Crippen molar-refractivity contribution in [1.29, 1.82) is 0 Å². The van der Waals surface area contributed by atoms with E-state index in [1.54, 1.807) is 0 Å². The van der Waals surface area contributed by atoms with Gasteiger partial charge in [0.25, 0.3) is 0 Å². The molecule has 0 bridgehead atoms. The fourth-order valence-electron chi connectivity index (χ4n) is 5.43. The van der Waals surface area contributed by atoms with Crippen LogP contribution < -0.4 is 5.32 Å². The van der Waals surface area contributed by atoms with E-state index in [2.05, 4.69) is 29.6 Å². The maximum atomic E-state index is 13.1. The van der Waals surface area contributed by atoms with Crippen molar-refractivity contribution in [2.45, 2.75) is 46.1 Å². The number of hydrogen-bond donors (Lipinski definition) is 2. The van der Waals surface area contributed by atoms with Crippen molar-refractivity contribution in [3.8, 4) is 11.1 Å². The fraction of sp³-hybridized carbons (Fsp3) is 0.312. The molecular formula is C32H35NO4. The van der Waals surface area contributed by atoms with Gasteiger partial charge < -0.3 is 15.2 Å². The molecule has 5 heteroatoms. The van der Waals surface area contributed by atoms with E-state index in [1.165, 1.54) is 11.1 Å². The van der Waals surface area contributed by atoms with Crippen molar-refractivity contribution in [2.75, 3.05) is 6.61 Å². The number of ether oxygens (including phenoxy) is 1. The smallest absolute Gasteiger partial charge is 0.407 e. The molecule has 192 valence electrons. The zero-order chi connectivity index (χ0) is 26.5. The van der Waals surface area contributed by atoms with Crippen molar-refractivity contribution in [3.05, 3.63) is 107 Å². The highest BCUT2D eigenvalue weighted by molar-refractivity contribution is 5.79. The molecule has 2 atom stereocenters. The van der Waals surface area contributed by atoms with Crippen molar-refractivity contribution >= 4 is 12.1 Å². The van der Waals surface area contributed by atoms with Gasteiger partial charge in [-0.05, 0) is 54.0 Å². The molecule has 0 radical (unpaired) electrons. The topological polar surface area (TPSA) is 75.6 Å². The summed E-state index contributed by atoms with van der Waals surface area (Å²) in [6, 6.07) is 26.0. The van der Waals surface area contributed by atoms with Crippen molar-refractivity contribution < 1.29 is 19.4 Å². The predicted molar refractivity (Wildman–Crippen MR) is 146 cm³/mol. The number of fused-ring (bicyclic) bond motifs is 3. The van der Waals surface area contributed by atoms with Crippen molar-refractivity contribution in [2.24, 2.45) is 11.8 Å². The molecule has 0 aromatic heterocycles. The minimum atomic E-state index is -0.855. The maximum Gasteiger partial charge on any atom is 0.407 e. The maximum absolute atomic E-state index is 13.1. The molecule has 1 aliphatic rings. The Labute approximate surface area is 219 Å². The Morgan fingerprint density at radius 1 is 0.838 bits per heavy atom. The van der Waals surface area contributed by atoms with Crippen LogP contribution in [0, 0.1) is 11.8 Å². The van der Waals surface area contributed by atoms with Crippen LogP contribution in [0.5, 0.6) is 0 Å². The standard InChI is InChI=1S/C32H35NO4/c1-20(2)30(31(34)35)22(4)21(3)29(18-23-12-6-5-7-13-23)33-32(36)37-19-28-26-16-10-8-14-24(26)25-15-9-11-17-27(25)28/h5-17,20,28-30H,18-19H2,1-4H3,(H,33,36)(H,34,35)/b22-21+/t29-,30-/m1/s1. The Kier molecular flexibility index (Phi) is 8.12. The van der Waals surface area contributed by atoms with Gasteiger partial charge in [-0.2, -0.15) is 0 Å². The third-order valence-electron chi connectivity index (χ3n) is 7.46. The van der Waals surface area contributed by atoms with Gasteiger partial charge in [-0.3, -0.25) is 4.79 Å². The molecule has 0 saturated carbocycles. The molecule has 0 saturated heterocycles. The van der Waals surface area contributed by atoms with E-state index < -0.39 is 24.0 Å². The molecule has 2 N–H and O–H groups in total. The van der Waals surface area contributed by atoms with Crippen molar-refractivity contribution in [3.63, 3.8) is 0 Å². The van der Waals surface area contributed by atoms with Crippen LogP contribution in [-0.2, 0) is 16.0 Å². The number of aliphatic carboxylic acids is 1. The number of carboxylic acids is 1. The zero-order valence-electron chi connectivity index (χ0n) is 21.9. The van der Waals surface area contributed by atoms with Gasteiger partial charge in [0.05, 0.1) is 12.0 Å². The van der Waals surface area contributed by atoms with E-state index in [4.69, 9.17) is 4.74 Å². The predicted octanol–water partition coefficient (Wildman–Crippen LogP) is 6.83. The number of amides is 1. The average molecular weight is 498 g/mol. The van der Waals surface area contributed by atoms with Gasteiger partial charge in [0, 0.05) is 5.92 Å². The van der Waals surface area contributed by atoms with Gasteiger partial charge in [0.15, 0.2) is 0 Å². The number of benzene rings is 3. The molecule has 0 aliphatic heterocycles. The summed E-state index contributed by atoms with van der Waals surface area (Å²) in [6.07, 6.45) is 0.0323. The molecule has 1 aliphatic carbocycles. The van der Waals surface area contributed by atoms with Crippen LogP contribution in [0.4, 0.5) is 4.79 Å². The third-order valence-corrected chi connectivity index (χ3v) is 7.46. The van der Waals surface area contributed by atoms with Gasteiger partial charge in [-0.1, -0.05) is 104 Å². The Morgan fingerprint density at radius 2 is 1.38 bits per heavy atom. The second-order valence-corrected chi connectivity index (χ2v) is 10.1. The lowest BCUT2D eigenvalue weighted by Gasteiger charge is -2.26. The second kappa shape index (κ2) is 11.5. The Bertz CT molecular complexity index is 1250. The Morgan fingerprint density at radius 3 is 1.92 bits per heavy atom. The minimum Gasteiger partial charge on any atom is -0.481 e. The van der Waals surface area contributed by atoms with Crippen LogP contribution in [0.2, 0.25) is 0 Å². The Balaban J connectivity index is 1.54. The molecule has 4 rings (SSSR count). The lowest BCUT2D eigenvalue weighted by Crippen LogP contribution is -2.39. The van der Waals surface area contributed by atoms with Crippen LogP contribution >= 0.6 is 0 Å². The van der Waals surface area contributed by atoms with E-state index in [0.29, 0.717) is 6.42 Å². The minimum absolute atomic E-state index is 0.0265. The van der Waals surface area contributed by atoms with E-state index in [1.807, 2.05) is 82.3 Å². The van der Waals surface area contributed by atoms with Gasteiger partial charge in [0.1, 0.15) is 6.61 Å². The first kappa shape index (κ1) is 26.2. The monoisotopic (exact) mass is 497 g/mol. The summed E-state index contributed by atoms with van der Waals surface area (Å²) in [7, 11) is 0. The molecule has 3 aromatic rings. The van der Waals surface area contributed by atoms with Crippen LogP contribution in [0.1, 0.15) is 50.3 Å². The first-order chi connectivity index (χ1) is 17.8. The van der Waals surface area contributed by atoms with Gasteiger partial charge in [-0.15, -0.1) is 0 Å². The first-order valence-corrected chi connectivity index (χ1v) is 12.8. The molecule has 0 unspecified atom stereocenters. The highest BCUT2D eigenvalue weighted by Gasteiger charge is 2.30. The summed E-state index contributed by atoms with van der Waals surface area (Å²) in [5, 5.41) is 12.9. The number of hydrogen-bond acceptors (Lipinski definition) is 3. The van der Waals surface area contributed by atoms with E-state index in [-0.39, 0.29) is 18.4 Å². The van der Waals surface area contributed by atoms with Gasteiger partial charge >= 0.3 is 12.1 Å². The van der Waals surface area contributed by atoms with Crippen LogP contribution in [0.25, 0.3) is 11.1 Å². The quantitative estimate of drug-likeness (QED) is 0.318. The SMILES string of the molecule is C/C(=C(/C)[C@H](C(=O)O)C(C)C)[C@@H](Cc1ccccc1)NC(=O)OCC1c2ccccc2-c2ccccc21. The molecule has 0 fully saturated rings. The number of carboxylic acid groups (broad SMARTS) is 1. The normalized spacial score (nSPS) is 14.8. The summed E-state index contributed by atoms with van der Waals surface area (Å²) in [4.78, 5) is 25.1. The lowest BCUT2D eigenvalue weighted by atomic mass is 9.84. The van der Waals surface area contributed by atoms with E-state index >= 15 is 0 Å². The summed E-state index contributed by atoms with van der Waals surface area (Å²) in [5.41, 5.74) is 7.33. The Hall–Kier alpha value is -3.86. The summed E-state index contributed by atoms with van der Waals surface area (Å²) in [6.45, 7) is 7.79. The largest absolute Gasteiger partial charge is 0.481 e. The summed E-state index contributed by atoms with van der Waals surface area (Å²) in [5.74, 6) is -1.57. The average Bonchev–Trinajstić information content (AvgIpc) is 3.20. The van der Waals surface area contributed by atoms with Crippen molar-refractivity contribution in [1.82, 2.24) is 5.32 Å². The number of nitrogens with one attached hydrogen (secondary N) is 1. The van der Waals surface area contributed by atoms with Gasteiger partial charge in [-0.25, -0.2) is 4.79 Å². The molecule has 5 nitrogen and oxygen atoms in total. The van der Waals surface area contributed by atoms with E-state index in [9.17, 15) is 14.7 Å². The molecule has 3 aromatic carbocycles.